The Morgan fingerprint density at radius 3 is 2.58 bits per heavy atom. The Morgan fingerprint density at radius 2 is 2.04 bits per heavy atom. The highest BCUT2D eigenvalue weighted by atomic mass is 127. The van der Waals surface area contributed by atoms with Crippen molar-refractivity contribution < 1.29 is 4.79 Å². The molecule has 2 rings (SSSR count). The minimum atomic E-state index is -0.00233. The predicted molar refractivity (Wildman–Crippen MR) is 111 cm³/mol. The summed E-state index contributed by atoms with van der Waals surface area (Å²) in [6.07, 6.45) is 0. The zero-order chi connectivity index (χ0) is 16.7. The third kappa shape index (κ3) is 6.94. The number of nitrogens with one attached hydrogen (secondary N) is 2. The highest BCUT2D eigenvalue weighted by Gasteiger charge is 2.20. The molecule has 0 aliphatic carbocycles. The lowest BCUT2D eigenvalue weighted by Crippen LogP contribution is -2.53. The summed E-state index contributed by atoms with van der Waals surface area (Å²) in [6, 6.07) is 4.45. The lowest BCUT2D eigenvalue weighted by atomic mass is 10.3. The number of carbonyl (C=O) groups is 1. The first-order chi connectivity index (χ1) is 11.1. The van der Waals surface area contributed by atoms with Crippen LogP contribution in [0.4, 0.5) is 0 Å². The van der Waals surface area contributed by atoms with Gasteiger partial charge in [0.15, 0.2) is 5.96 Å². The van der Waals surface area contributed by atoms with Crippen molar-refractivity contribution in [3.05, 3.63) is 22.4 Å². The van der Waals surface area contributed by atoms with E-state index in [1.54, 1.807) is 7.05 Å². The zero-order valence-electron chi connectivity index (χ0n) is 14.6. The van der Waals surface area contributed by atoms with Crippen molar-refractivity contribution in [2.24, 2.45) is 4.99 Å². The highest BCUT2D eigenvalue weighted by Crippen LogP contribution is 2.13. The molecule has 1 fully saturated rings. The SMILES string of the molecule is CN=C(NCC(=O)NC(C)C)N1CCN(Cc2cccs2)CC1.I. The van der Waals surface area contributed by atoms with Gasteiger partial charge in [0.2, 0.25) is 5.91 Å². The number of nitrogens with zero attached hydrogens (tertiary/aromatic N) is 3. The lowest BCUT2D eigenvalue weighted by molar-refractivity contribution is -0.120. The van der Waals surface area contributed by atoms with E-state index in [4.69, 9.17) is 0 Å². The summed E-state index contributed by atoms with van der Waals surface area (Å²) >= 11 is 1.81. The number of aliphatic imine (C=N–C) groups is 1. The number of guanidine groups is 1. The van der Waals surface area contributed by atoms with Gasteiger partial charge in [-0.3, -0.25) is 14.7 Å². The van der Waals surface area contributed by atoms with E-state index in [0.717, 1.165) is 38.7 Å². The molecular formula is C16H28IN5OS. The summed E-state index contributed by atoms with van der Waals surface area (Å²) in [6.45, 7) is 9.08. The van der Waals surface area contributed by atoms with Crippen LogP contribution in [-0.2, 0) is 11.3 Å². The zero-order valence-corrected chi connectivity index (χ0v) is 17.8. The minimum Gasteiger partial charge on any atom is -0.352 e. The monoisotopic (exact) mass is 465 g/mol. The fourth-order valence-electron chi connectivity index (χ4n) is 2.61. The van der Waals surface area contributed by atoms with Gasteiger partial charge < -0.3 is 15.5 Å². The average molecular weight is 465 g/mol. The largest absolute Gasteiger partial charge is 0.352 e. The van der Waals surface area contributed by atoms with Crippen LogP contribution in [-0.4, -0.2) is 67.5 Å². The van der Waals surface area contributed by atoms with Gasteiger partial charge in [-0.1, -0.05) is 6.07 Å². The number of rotatable bonds is 5. The third-order valence-corrected chi connectivity index (χ3v) is 4.56. The van der Waals surface area contributed by atoms with Crippen LogP contribution in [0.3, 0.4) is 0 Å². The molecule has 1 amide bonds. The van der Waals surface area contributed by atoms with Crippen LogP contribution in [0.5, 0.6) is 0 Å². The van der Waals surface area contributed by atoms with Crippen molar-refractivity contribution in [1.29, 1.82) is 0 Å². The van der Waals surface area contributed by atoms with Crippen molar-refractivity contribution in [3.8, 4) is 0 Å². The fraction of sp³-hybridized carbons (Fsp3) is 0.625. The Balaban J connectivity index is 0.00000288. The maximum atomic E-state index is 11.7. The van der Waals surface area contributed by atoms with E-state index in [2.05, 4.69) is 42.9 Å². The van der Waals surface area contributed by atoms with Crippen LogP contribution in [0.25, 0.3) is 0 Å². The van der Waals surface area contributed by atoms with E-state index < -0.39 is 0 Å². The Bertz CT molecular complexity index is 513. The maximum absolute atomic E-state index is 11.7. The van der Waals surface area contributed by atoms with Crippen LogP contribution < -0.4 is 10.6 Å². The van der Waals surface area contributed by atoms with Crippen molar-refractivity contribution in [2.45, 2.75) is 26.4 Å². The first-order valence-corrected chi connectivity index (χ1v) is 8.96. The second-order valence-electron chi connectivity index (χ2n) is 5.97. The highest BCUT2D eigenvalue weighted by molar-refractivity contribution is 14.0. The molecule has 0 aromatic carbocycles. The molecule has 2 N–H and O–H groups in total. The van der Waals surface area contributed by atoms with Gasteiger partial charge in [0.1, 0.15) is 0 Å². The smallest absolute Gasteiger partial charge is 0.239 e. The van der Waals surface area contributed by atoms with Crippen molar-refractivity contribution in [1.82, 2.24) is 20.4 Å². The van der Waals surface area contributed by atoms with Crippen molar-refractivity contribution in [2.75, 3.05) is 39.8 Å². The van der Waals surface area contributed by atoms with E-state index >= 15 is 0 Å². The minimum absolute atomic E-state index is 0. The summed E-state index contributed by atoms with van der Waals surface area (Å²) in [7, 11) is 1.76. The predicted octanol–water partition coefficient (Wildman–Crippen LogP) is 1.58. The first kappa shape index (κ1) is 21.2. The molecular weight excluding hydrogens is 437 g/mol. The van der Waals surface area contributed by atoms with Gasteiger partial charge >= 0.3 is 0 Å². The molecule has 1 aliphatic heterocycles. The van der Waals surface area contributed by atoms with Gasteiger partial charge in [-0.25, -0.2) is 0 Å². The standard InChI is InChI=1S/C16H27N5OS.HI/c1-13(2)19-15(22)11-18-16(17-3)21-8-6-20(7-9-21)12-14-5-4-10-23-14;/h4-5,10,13H,6-9,11-12H2,1-3H3,(H,17,18)(H,19,22);1H. The number of halogens is 1. The molecule has 0 atom stereocenters. The average Bonchev–Trinajstić information content (AvgIpc) is 3.01. The van der Waals surface area contributed by atoms with Gasteiger partial charge in [-0.2, -0.15) is 0 Å². The van der Waals surface area contributed by atoms with Crippen LogP contribution in [0.2, 0.25) is 0 Å². The molecule has 1 aromatic rings. The van der Waals surface area contributed by atoms with Gasteiger partial charge in [-0.05, 0) is 25.3 Å². The van der Waals surface area contributed by atoms with Crippen molar-refractivity contribution in [3.63, 3.8) is 0 Å². The second-order valence-corrected chi connectivity index (χ2v) is 7.00. The Labute approximate surface area is 165 Å². The van der Waals surface area contributed by atoms with Gasteiger partial charge in [0, 0.05) is 50.7 Å². The van der Waals surface area contributed by atoms with Crippen LogP contribution in [0, 0.1) is 0 Å². The van der Waals surface area contributed by atoms with E-state index in [1.807, 2.05) is 25.2 Å². The molecule has 0 unspecified atom stereocenters. The summed E-state index contributed by atoms with van der Waals surface area (Å²) in [4.78, 5) is 22.1. The Morgan fingerprint density at radius 1 is 1.33 bits per heavy atom. The Kier molecular flexibility index (Phi) is 9.60. The second kappa shape index (κ2) is 10.9. The fourth-order valence-corrected chi connectivity index (χ4v) is 3.35. The summed E-state index contributed by atoms with van der Waals surface area (Å²) < 4.78 is 0. The number of piperazine rings is 1. The molecule has 136 valence electrons. The number of carbonyl (C=O) groups excluding carboxylic acids is 1. The van der Waals surface area contributed by atoms with Gasteiger partial charge in [0.05, 0.1) is 6.54 Å². The van der Waals surface area contributed by atoms with E-state index in [1.165, 1.54) is 4.88 Å². The lowest BCUT2D eigenvalue weighted by Gasteiger charge is -2.36. The van der Waals surface area contributed by atoms with Crippen LogP contribution in [0.1, 0.15) is 18.7 Å². The van der Waals surface area contributed by atoms with Crippen molar-refractivity contribution >= 4 is 47.2 Å². The quantitative estimate of drug-likeness (QED) is 0.394. The van der Waals surface area contributed by atoms with E-state index in [9.17, 15) is 4.79 Å². The summed E-state index contributed by atoms with van der Waals surface area (Å²) in [5, 5.41) is 8.15. The molecule has 1 saturated heterocycles. The van der Waals surface area contributed by atoms with E-state index in [0.29, 0.717) is 0 Å². The normalized spacial score (nSPS) is 16.0. The molecule has 2 heterocycles. The topological polar surface area (TPSA) is 60.0 Å². The molecule has 1 aliphatic rings. The molecule has 0 radical (unpaired) electrons. The van der Waals surface area contributed by atoms with Crippen LogP contribution >= 0.6 is 35.3 Å². The Hall–Kier alpha value is -0.870. The van der Waals surface area contributed by atoms with Gasteiger partial charge in [-0.15, -0.1) is 35.3 Å². The molecule has 24 heavy (non-hydrogen) atoms. The first-order valence-electron chi connectivity index (χ1n) is 8.08. The number of thiophene rings is 1. The molecule has 6 nitrogen and oxygen atoms in total. The van der Waals surface area contributed by atoms with Crippen LogP contribution in [0.15, 0.2) is 22.5 Å². The summed E-state index contributed by atoms with van der Waals surface area (Å²) in [5.74, 6) is 0.803. The van der Waals surface area contributed by atoms with Gasteiger partial charge in [0.25, 0.3) is 0 Å². The molecule has 8 heteroatoms. The summed E-state index contributed by atoms with van der Waals surface area (Å²) in [5.41, 5.74) is 0. The number of hydrogen-bond donors (Lipinski definition) is 2. The molecule has 0 bridgehead atoms. The number of hydrogen-bond acceptors (Lipinski definition) is 4. The van der Waals surface area contributed by atoms with E-state index in [-0.39, 0.29) is 42.5 Å². The molecule has 0 spiro atoms. The number of amides is 1. The maximum Gasteiger partial charge on any atom is 0.239 e. The molecule has 1 aromatic heterocycles. The molecule has 0 saturated carbocycles. The third-order valence-electron chi connectivity index (χ3n) is 3.70.